The largest absolute Gasteiger partial charge is 0.467 e. The molecule has 2 atom stereocenters. The molecule has 14 heteroatoms. The Labute approximate surface area is 248 Å². The van der Waals surface area contributed by atoms with Crippen LogP contribution >= 0.6 is 0 Å². The summed E-state index contributed by atoms with van der Waals surface area (Å²) in [6.07, 6.45) is 3.33. The van der Waals surface area contributed by atoms with E-state index in [9.17, 15) is 24.0 Å². The van der Waals surface area contributed by atoms with Gasteiger partial charge in [-0.3, -0.25) is 19.2 Å². The van der Waals surface area contributed by atoms with E-state index in [1.165, 1.54) is 20.5 Å². The van der Waals surface area contributed by atoms with Crippen molar-refractivity contribution < 1.29 is 33.8 Å². The number of ether oxygens (including phenoxy) is 1. The van der Waals surface area contributed by atoms with Gasteiger partial charge in [-0.1, -0.05) is 18.2 Å². The van der Waals surface area contributed by atoms with Crippen LogP contribution in [0.4, 0.5) is 4.79 Å². The third-order valence-electron chi connectivity index (χ3n) is 8.16. The molecule has 230 valence electrons. The fourth-order valence-corrected chi connectivity index (χ4v) is 5.46. The van der Waals surface area contributed by atoms with Crippen molar-refractivity contribution in [1.82, 2.24) is 35.1 Å². The minimum absolute atomic E-state index is 0.0134. The molecule has 43 heavy (non-hydrogen) atoms. The van der Waals surface area contributed by atoms with Crippen LogP contribution in [0.5, 0.6) is 5.88 Å². The average molecular weight is 596 g/mol. The summed E-state index contributed by atoms with van der Waals surface area (Å²) >= 11 is 0. The molecule has 1 aromatic heterocycles. The second-order valence-corrected chi connectivity index (χ2v) is 11.1. The summed E-state index contributed by atoms with van der Waals surface area (Å²) < 4.78 is 7.29. The van der Waals surface area contributed by atoms with Gasteiger partial charge < -0.3 is 35.2 Å². The van der Waals surface area contributed by atoms with Crippen LogP contribution in [0, 0.1) is 0 Å². The molecule has 2 aromatic rings. The molecular weight excluding hydrogens is 558 g/mol. The number of nitrogens with one attached hydrogen (secondary N) is 2. The molecule has 5 amide bonds. The summed E-state index contributed by atoms with van der Waals surface area (Å²) in [5, 5.41) is 19.2. The van der Waals surface area contributed by atoms with Crippen LogP contribution in [0.25, 0.3) is 5.69 Å². The number of piperazine rings is 1. The van der Waals surface area contributed by atoms with Gasteiger partial charge in [0.2, 0.25) is 17.7 Å². The Kier molecular flexibility index (Phi) is 9.12. The van der Waals surface area contributed by atoms with E-state index < -0.39 is 24.1 Å². The number of para-hydroxylation sites is 1. The van der Waals surface area contributed by atoms with Crippen LogP contribution in [-0.4, -0.2) is 117 Å². The Morgan fingerprint density at radius 3 is 2.33 bits per heavy atom. The fourth-order valence-electron chi connectivity index (χ4n) is 5.46. The Morgan fingerprint density at radius 1 is 0.977 bits per heavy atom. The van der Waals surface area contributed by atoms with E-state index >= 15 is 0 Å². The molecule has 1 aromatic carbocycles. The van der Waals surface area contributed by atoms with Gasteiger partial charge in [0.1, 0.15) is 12.1 Å². The molecule has 0 unspecified atom stereocenters. The van der Waals surface area contributed by atoms with Crippen LogP contribution < -0.4 is 15.4 Å². The van der Waals surface area contributed by atoms with Crippen molar-refractivity contribution in [1.29, 1.82) is 0 Å². The molecular formula is C29H37N7O7. The molecule has 2 saturated heterocycles. The van der Waals surface area contributed by atoms with Crippen LogP contribution in [0.2, 0.25) is 0 Å². The van der Waals surface area contributed by atoms with Crippen molar-refractivity contribution in [2.45, 2.75) is 57.2 Å². The predicted octanol–water partition coefficient (Wildman–Crippen LogP) is 0.851. The first-order valence-corrected chi connectivity index (χ1v) is 14.7. The lowest BCUT2D eigenvalue weighted by Crippen LogP contribution is -2.55. The van der Waals surface area contributed by atoms with E-state index in [0.717, 1.165) is 25.7 Å². The van der Waals surface area contributed by atoms with Crippen molar-refractivity contribution in [3.05, 3.63) is 42.1 Å². The highest BCUT2D eigenvalue weighted by molar-refractivity contribution is 5.96. The summed E-state index contributed by atoms with van der Waals surface area (Å²) in [5.41, 5.74) is 0.587. The number of rotatable bonds is 9. The van der Waals surface area contributed by atoms with Gasteiger partial charge in [-0.25, -0.2) is 9.48 Å². The van der Waals surface area contributed by atoms with Crippen LogP contribution in [0.3, 0.4) is 0 Å². The molecule has 3 heterocycles. The first-order valence-electron chi connectivity index (χ1n) is 14.7. The second-order valence-electron chi connectivity index (χ2n) is 11.1. The topological polar surface area (TPSA) is 166 Å². The smallest absolute Gasteiger partial charge is 0.407 e. The lowest BCUT2D eigenvalue weighted by Gasteiger charge is -2.34. The molecule has 0 spiro atoms. The lowest BCUT2D eigenvalue weighted by atomic mass is 9.93. The summed E-state index contributed by atoms with van der Waals surface area (Å²) in [5.74, 6) is -1.24. The minimum atomic E-state index is -1.03. The summed E-state index contributed by atoms with van der Waals surface area (Å²) in [6, 6.07) is 9.16. The van der Waals surface area contributed by atoms with Crippen LogP contribution in [0.1, 0.15) is 49.5 Å². The number of likely N-dealkylation sites (tertiary alicyclic amines) is 1. The molecule has 0 bridgehead atoms. The molecule has 3 N–H and O–H groups in total. The molecule has 3 aliphatic rings. The van der Waals surface area contributed by atoms with E-state index in [0.29, 0.717) is 18.7 Å². The van der Waals surface area contributed by atoms with Gasteiger partial charge in [-0.2, -0.15) is 5.10 Å². The SMILES string of the molecule is C[C@H](NC(=O)c1cc(OCC(=O)N2CCC[C@H]2C(=O)NC2CCC2)n(-c2ccccc2)n1)C(=O)N1CCN(C(=O)O)CC1. The summed E-state index contributed by atoms with van der Waals surface area (Å²) in [6.45, 7) is 2.55. The molecule has 1 saturated carbocycles. The molecule has 3 fully saturated rings. The first-order chi connectivity index (χ1) is 20.7. The number of aromatic nitrogens is 2. The quantitative estimate of drug-likeness (QED) is 0.384. The van der Waals surface area contributed by atoms with Crippen LogP contribution in [-0.2, 0) is 14.4 Å². The number of carbonyl (C=O) groups is 5. The van der Waals surface area contributed by atoms with Gasteiger partial charge in [-0.05, 0) is 51.2 Å². The van der Waals surface area contributed by atoms with Gasteiger partial charge >= 0.3 is 6.09 Å². The van der Waals surface area contributed by atoms with Gasteiger partial charge in [0.15, 0.2) is 12.3 Å². The summed E-state index contributed by atoms with van der Waals surface area (Å²) in [7, 11) is 0. The molecule has 0 radical (unpaired) electrons. The Hall–Kier alpha value is -4.62. The normalized spacial score (nSPS) is 19.4. The number of carboxylic acid groups (broad SMARTS) is 1. The number of amides is 5. The van der Waals surface area contributed by atoms with Gasteiger partial charge in [0.05, 0.1) is 5.69 Å². The number of hydrogen-bond donors (Lipinski definition) is 3. The Balaban J connectivity index is 1.23. The van der Waals surface area contributed by atoms with E-state index in [1.54, 1.807) is 36.1 Å². The maximum atomic E-state index is 13.2. The fraction of sp³-hybridized carbons (Fsp3) is 0.517. The molecule has 2 aliphatic heterocycles. The third kappa shape index (κ3) is 6.89. The van der Waals surface area contributed by atoms with Crippen molar-refractivity contribution in [3.63, 3.8) is 0 Å². The van der Waals surface area contributed by atoms with E-state index in [-0.39, 0.29) is 68.1 Å². The van der Waals surface area contributed by atoms with Crippen molar-refractivity contribution in [3.8, 4) is 11.6 Å². The molecule has 1 aliphatic carbocycles. The monoisotopic (exact) mass is 595 g/mol. The highest BCUT2D eigenvalue weighted by Gasteiger charge is 2.36. The van der Waals surface area contributed by atoms with Crippen LogP contribution in [0.15, 0.2) is 36.4 Å². The lowest BCUT2D eigenvalue weighted by molar-refractivity contribution is -0.140. The summed E-state index contributed by atoms with van der Waals surface area (Å²) in [4.78, 5) is 67.4. The number of hydrogen-bond acceptors (Lipinski definition) is 7. The van der Waals surface area contributed by atoms with E-state index in [1.807, 2.05) is 6.07 Å². The number of nitrogens with zero attached hydrogens (tertiary/aromatic N) is 5. The zero-order valence-electron chi connectivity index (χ0n) is 24.1. The zero-order valence-corrected chi connectivity index (χ0v) is 24.1. The maximum Gasteiger partial charge on any atom is 0.407 e. The minimum Gasteiger partial charge on any atom is -0.467 e. The second kappa shape index (κ2) is 13.1. The Morgan fingerprint density at radius 2 is 1.67 bits per heavy atom. The average Bonchev–Trinajstić information content (AvgIpc) is 3.66. The molecule has 14 nitrogen and oxygen atoms in total. The van der Waals surface area contributed by atoms with E-state index in [2.05, 4.69) is 15.7 Å². The van der Waals surface area contributed by atoms with Crippen molar-refractivity contribution in [2.75, 3.05) is 39.3 Å². The van der Waals surface area contributed by atoms with Gasteiger partial charge in [-0.15, -0.1) is 0 Å². The van der Waals surface area contributed by atoms with Crippen molar-refractivity contribution in [2.24, 2.45) is 0 Å². The standard InChI is InChI=1S/C29H37N7O7/c1-19(28(40)33-13-15-34(16-14-33)29(41)42)30-26(38)22-17-25(36(32-22)21-9-3-2-4-10-21)43-18-24(37)35-12-6-11-23(35)27(39)31-20-7-5-8-20/h2-4,9-10,17,19-20,23H,5-8,11-16,18H2,1H3,(H,30,38)(H,31,39)(H,41,42)/t19-,23-/m0/s1. The predicted molar refractivity (Wildman–Crippen MR) is 153 cm³/mol. The highest BCUT2D eigenvalue weighted by Crippen LogP contribution is 2.23. The number of benzene rings is 1. The van der Waals surface area contributed by atoms with E-state index in [4.69, 9.17) is 9.84 Å². The molecule has 5 rings (SSSR count). The maximum absolute atomic E-state index is 13.2. The highest BCUT2D eigenvalue weighted by atomic mass is 16.5. The Bertz CT molecular complexity index is 1350. The van der Waals surface area contributed by atoms with Gasteiger partial charge in [0.25, 0.3) is 11.8 Å². The third-order valence-corrected chi connectivity index (χ3v) is 8.16. The van der Waals surface area contributed by atoms with Crippen molar-refractivity contribution >= 4 is 29.7 Å². The number of carbonyl (C=O) groups excluding carboxylic acids is 4. The first kappa shape index (κ1) is 29.9. The zero-order chi connectivity index (χ0) is 30.5. The van der Waals surface area contributed by atoms with Gasteiger partial charge in [0, 0.05) is 44.8 Å².